The number of pyridine rings is 2. The summed E-state index contributed by atoms with van der Waals surface area (Å²) in [5.74, 6) is -0.268. The minimum Gasteiger partial charge on any atom is -0.493 e. The summed E-state index contributed by atoms with van der Waals surface area (Å²) in [5, 5.41) is -0.358. The van der Waals surface area contributed by atoms with Gasteiger partial charge in [-0.05, 0) is 67.0 Å². The third-order valence-corrected chi connectivity index (χ3v) is 8.04. The number of carbonyl (C=O) groups excluding carboxylic acids is 1. The molecule has 1 aliphatic carbocycles. The molecule has 2 aromatic heterocycles. The maximum absolute atomic E-state index is 14.5. The Hall–Kier alpha value is -3.73. The summed E-state index contributed by atoms with van der Waals surface area (Å²) < 4.78 is 48.0. The van der Waals surface area contributed by atoms with E-state index in [-0.39, 0.29) is 30.6 Å². The SMILES string of the molecule is CC(C)COc1cc(F)cc(-c2ccc(C(=O)NS(=O)(=O)c3cccc(N)n3)c(N3CCC4(CC4)C3)n2)c1.[HH].[HH]. The number of rotatable bonds is 8. The summed E-state index contributed by atoms with van der Waals surface area (Å²) in [6.07, 6.45) is 3.19. The number of anilines is 2. The predicted octanol–water partition coefficient (Wildman–Crippen LogP) is 4.50. The molecule has 3 N–H and O–H groups in total. The van der Waals surface area contributed by atoms with Gasteiger partial charge in [0.05, 0.1) is 17.9 Å². The first kappa shape index (κ1) is 25.9. The zero-order chi connectivity index (χ0) is 27.1. The van der Waals surface area contributed by atoms with E-state index in [2.05, 4.69) is 9.71 Å². The van der Waals surface area contributed by atoms with Gasteiger partial charge in [0.15, 0.2) is 5.03 Å². The van der Waals surface area contributed by atoms with Gasteiger partial charge in [0.25, 0.3) is 15.9 Å². The number of halogens is 1. The van der Waals surface area contributed by atoms with Crippen molar-refractivity contribution in [1.82, 2.24) is 14.7 Å². The first-order valence-electron chi connectivity index (χ1n) is 12.5. The first-order valence-corrected chi connectivity index (χ1v) is 14.0. The highest BCUT2D eigenvalue weighted by Crippen LogP contribution is 2.53. The normalized spacial score (nSPS) is 16.2. The van der Waals surface area contributed by atoms with Gasteiger partial charge in [-0.3, -0.25) is 4.79 Å². The van der Waals surface area contributed by atoms with E-state index in [0.717, 1.165) is 25.8 Å². The Balaban J connectivity index is 0.00000220. The maximum atomic E-state index is 14.5. The van der Waals surface area contributed by atoms with Gasteiger partial charge in [-0.15, -0.1) is 0 Å². The predicted molar refractivity (Wildman–Crippen MR) is 146 cm³/mol. The van der Waals surface area contributed by atoms with Crippen molar-refractivity contribution in [2.45, 2.75) is 38.1 Å². The van der Waals surface area contributed by atoms with Gasteiger partial charge in [-0.25, -0.2) is 19.1 Å². The Morgan fingerprint density at radius 3 is 2.66 bits per heavy atom. The highest BCUT2D eigenvalue weighted by atomic mass is 32.2. The molecule has 5 rings (SSSR count). The molecular weight excluding hydrogens is 509 g/mol. The summed E-state index contributed by atoms with van der Waals surface area (Å²) in [6.45, 7) is 5.85. The monoisotopic (exact) mass is 543 g/mol. The zero-order valence-corrected chi connectivity index (χ0v) is 22.1. The van der Waals surface area contributed by atoms with Crippen LogP contribution in [0.25, 0.3) is 11.3 Å². The molecule has 1 aromatic carbocycles. The number of nitrogens with one attached hydrogen (secondary N) is 1. The van der Waals surface area contributed by atoms with Crippen molar-refractivity contribution in [2.75, 3.05) is 30.3 Å². The van der Waals surface area contributed by atoms with E-state index in [1.165, 1.54) is 36.4 Å². The second kappa shape index (κ2) is 9.86. The molecule has 2 fully saturated rings. The van der Waals surface area contributed by atoms with E-state index in [4.69, 9.17) is 15.5 Å². The molecule has 0 atom stereocenters. The van der Waals surface area contributed by atoms with Crippen molar-refractivity contribution < 1.29 is 25.2 Å². The number of hydrogen-bond acceptors (Lipinski definition) is 8. The molecule has 38 heavy (non-hydrogen) atoms. The number of nitrogen functional groups attached to an aromatic ring is 1. The van der Waals surface area contributed by atoms with Gasteiger partial charge in [0.2, 0.25) is 0 Å². The molecule has 11 heteroatoms. The number of ether oxygens (including phenoxy) is 1. The second-order valence-corrected chi connectivity index (χ2v) is 12.1. The van der Waals surface area contributed by atoms with Gasteiger partial charge < -0.3 is 15.4 Å². The minimum atomic E-state index is -4.27. The van der Waals surface area contributed by atoms with Gasteiger partial charge in [-0.1, -0.05) is 19.9 Å². The average Bonchev–Trinajstić information content (AvgIpc) is 3.50. The molecule has 1 saturated heterocycles. The zero-order valence-electron chi connectivity index (χ0n) is 21.3. The first-order chi connectivity index (χ1) is 18.0. The standard InChI is InChI=1S/C27H30FN5O4S.2H2/c1-17(2)15-37-20-13-18(12-19(28)14-20)22-7-6-21(25(30-22)33-11-10-27(16-33)8-9-27)26(34)32-38(35,36)24-5-3-4-23(29)31-24;;/h3-7,12-14,17H,8-11,15-16H2,1-2H3,(H2,29,31)(H,32,34);2*1H. The lowest BCUT2D eigenvalue weighted by molar-refractivity contribution is 0.0981. The fourth-order valence-electron chi connectivity index (χ4n) is 4.59. The summed E-state index contributed by atoms with van der Waals surface area (Å²) >= 11 is 0. The molecule has 1 amide bonds. The van der Waals surface area contributed by atoms with Crippen LogP contribution in [0, 0.1) is 17.2 Å². The molecule has 0 bridgehead atoms. The highest BCUT2D eigenvalue weighted by Gasteiger charge is 2.48. The molecule has 204 valence electrons. The molecule has 2 aliphatic rings. The van der Waals surface area contributed by atoms with Crippen LogP contribution in [0.1, 0.15) is 46.3 Å². The van der Waals surface area contributed by atoms with Crippen LogP contribution in [-0.2, 0) is 10.0 Å². The van der Waals surface area contributed by atoms with E-state index in [1.807, 2.05) is 18.7 Å². The van der Waals surface area contributed by atoms with Crippen molar-refractivity contribution in [1.29, 1.82) is 0 Å². The number of aromatic nitrogens is 2. The van der Waals surface area contributed by atoms with Crippen LogP contribution < -0.4 is 20.1 Å². The highest BCUT2D eigenvalue weighted by molar-refractivity contribution is 7.90. The number of benzene rings is 1. The Morgan fingerprint density at radius 1 is 1.18 bits per heavy atom. The average molecular weight is 544 g/mol. The van der Waals surface area contributed by atoms with E-state index in [9.17, 15) is 17.6 Å². The third-order valence-electron chi connectivity index (χ3n) is 6.81. The lowest BCUT2D eigenvalue weighted by Gasteiger charge is -2.21. The second-order valence-electron chi connectivity index (χ2n) is 10.5. The maximum Gasteiger partial charge on any atom is 0.281 e. The molecule has 3 aromatic rings. The number of amides is 1. The van der Waals surface area contributed by atoms with Crippen LogP contribution in [0.4, 0.5) is 16.0 Å². The topological polar surface area (TPSA) is 128 Å². The van der Waals surface area contributed by atoms with Gasteiger partial charge in [-0.2, -0.15) is 8.42 Å². The Bertz CT molecular complexity index is 1500. The largest absolute Gasteiger partial charge is 0.493 e. The van der Waals surface area contributed by atoms with E-state index in [0.29, 0.717) is 36.0 Å². The minimum absolute atomic E-state index is 0. The molecule has 1 spiro atoms. The van der Waals surface area contributed by atoms with Crippen molar-refractivity contribution >= 4 is 27.6 Å². The molecule has 0 unspecified atom stereocenters. The van der Waals surface area contributed by atoms with Crippen molar-refractivity contribution in [2.24, 2.45) is 11.3 Å². The number of carbonyl (C=O) groups is 1. The molecule has 3 heterocycles. The summed E-state index contributed by atoms with van der Waals surface area (Å²) in [7, 11) is -4.27. The third kappa shape index (κ3) is 5.57. The fourth-order valence-corrected chi connectivity index (χ4v) is 5.54. The number of sulfonamides is 1. The van der Waals surface area contributed by atoms with Crippen molar-refractivity contribution in [3.8, 4) is 17.0 Å². The summed E-state index contributed by atoms with van der Waals surface area (Å²) in [4.78, 5) is 23.9. The number of hydrogen-bond donors (Lipinski definition) is 2. The van der Waals surface area contributed by atoms with E-state index < -0.39 is 21.7 Å². The Kier molecular flexibility index (Phi) is 6.72. The van der Waals surface area contributed by atoms with Gasteiger partial charge >= 0.3 is 0 Å². The molecular formula is C27H34FN5O4S. The van der Waals surface area contributed by atoms with Crippen LogP contribution >= 0.6 is 0 Å². The van der Waals surface area contributed by atoms with Gasteiger partial charge in [0, 0.05) is 27.6 Å². The summed E-state index contributed by atoms with van der Waals surface area (Å²) in [6, 6.07) is 11.6. The van der Waals surface area contributed by atoms with Crippen LogP contribution in [0.5, 0.6) is 5.75 Å². The molecule has 1 aliphatic heterocycles. The fraction of sp³-hybridized carbons (Fsp3) is 0.370. The van der Waals surface area contributed by atoms with Crippen molar-refractivity contribution in [3.63, 3.8) is 0 Å². The van der Waals surface area contributed by atoms with Crippen LogP contribution in [-0.4, -0.2) is 44.0 Å². The molecule has 0 radical (unpaired) electrons. The lowest BCUT2D eigenvalue weighted by Crippen LogP contribution is -2.33. The molecule has 9 nitrogen and oxygen atoms in total. The lowest BCUT2D eigenvalue weighted by atomic mass is 10.1. The Morgan fingerprint density at radius 2 is 1.97 bits per heavy atom. The summed E-state index contributed by atoms with van der Waals surface area (Å²) in [5.41, 5.74) is 6.89. The van der Waals surface area contributed by atoms with Crippen LogP contribution in [0.3, 0.4) is 0 Å². The van der Waals surface area contributed by atoms with Gasteiger partial charge in [0.1, 0.15) is 23.2 Å². The number of nitrogens with two attached hydrogens (primary N) is 1. The number of nitrogens with zero attached hydrogens (tertiary/aromatic N) is 3. The smallest absolute Gasteiger partial charge is 0.281 e. The van der Waals surface area contributed by atoms with Crippen LogP contribution in [0.2, 0.25) is 0 Å². The Labute approximate surface area is 224 Å². The van der Waals surface area contributed by atoms with E-state index >= 15 is 0 Å². The van der Waals surface area contributed by atoms with Crippen LogP contribution in [0.15, 0.2) is 53.6 Å². The quantitative estimate of drug-likeness (QED) is 0.425. The van der Waals surface area contributed by atoms with Crippen molar-refractivity contribution in [3.05, 3.63) is 59.9 Å². The molecule has 1 saturated carbocycles. The van der Waals surface area contributed by atoms with E-state index in [1.54, 1.807) is 12.1 Å².